The fourth-order valence-electron chi connectivity index (χ4n) is 2.14. The van der Waals surface area contributed by atoms with Crippen LogP contribution in [0.5, 0.6) is 0 Å². The summed E-state index contributed by atoms with van der Waals surface area (Å²) in [5.41, 5.74) is 5.58. The van der Waals surface area contributed by atoms with Crippen LogP contribution in [-0.2, 0) is 6.54 Å². The summed E-state index contributed by atoms with van der Waals surface area (Å²) in [5.74, 6) is 0.691. The molecule has 1 aromatic heterocycles. The van der Waals surface area contributed by atoms with Gasteiger partial charge in [0.2, 0.25) is 0 Å². The first kappa shape index (κ1) is 12.0. The molecule has 6 heteroatoms. The van der Waals surface area contributed by atoms with E-state index in [4.69, 9.17) is 5.73 Å². The van der Waals surface area contributed by atoms with Gasteiger partial charge in [-0.3, -0.25) is 9.59 Å². The van der Waals surface area contributed by atoms with E-state index in [9.17, 15) is 9.59 Å². The highest BCUT2D eigenvalue weighted by molar-refractivity contribution is 7.99. The minimum absolute atomic E-state index is 0.00202. The molecule has 5 nitrogen and oxygen atoms in total. The summed E-state index contributed by atoms with van der Waals surface area (Å²) >= 11 is 1.47. The van der Waals surface area contributed by atoms with E-state index in [0.717, 1.165) is 17.9 Å². The van der Waals surface area contributed by atoms with Crippen LogP contribution in [-0.4, -0.2) is 21.2 Å². The summed E-state index contributed by atoms with van der Waals surface area (Å²) in [7, 11) is 0. The number of carbonyl (C=O) groups excluding carboxylic acids is 1. The summed E-state index contributed by atoms with van der Waals surface area (Å²) in [6, 6.07) is 9.46. The summed E-state index contributed by atoms with van der Waals surface area (Å²) in [6.07, 6.45) is 0. The number of aromatic nitrogens is 2. The van der Waals surface area contributed by atoms with Crippen LogP contribution in [0.3, 0.4) is 0 Å². The lowest BCUT2D eigenvalue weighted by Crippen LogP contribution is -2.27. The highest BCUT2D eigenvalue weighted by Gasteiger charge is 2.25. The van der Waals surface area contributed by atoms with Gasteiger partial charge in [-0.15, -0.1) is 11.8 Å². The third kappa shape index (κ3) is 1.94. The lowest BCUT2D eigenvalue weighted by Gasteiger charge is -2.12. The van der Waals surface area contributed by atoms with Gasteiger partial charge >= 0.3 is 0 Å². The Bertz CT molecular complexity index is 710. The predicted molar refractivity (Wildman–Crippen MR) is 73.2 cm³/mol. The number of hydrogen-bond acceptors (Lipinski definition) is 4. The van der Waals surface area contributed by atoms with Crippen LogP contribution in [0, 0.1) is 0 Å². The van der Waals surface area contributed by atoms with E-state index < -0.39 is 11.5 Å². The van der Waals surface area contributed by atoms with Crippen molar-refractivity contribution >= 4 is 17.7 Å². The number of amides is 1. The molecule has 1 amide bonds. The van der Waals surface area contributed by atoms with Gasteiger partial charge in [0, 0.05) is 17.9 Å². The van der Waals surface area contributed by atoms with Gasteiger partial charge in [0.15, 0.2) is 0 Å². The second-order valence-electron chi connectivity index (χ2n) is 4.15. The van der Waals surface area contributed by atoms with Crippen LogP contribution in [0.2, 0.25) is 0 Å². The number of rotatable bonds is 2. The number of fused-ring (bicyclic) bond motifs is 1. The molecule has 2 heterocycles. The summed E-state index contributed by atoms with van der Waals surface area (Å²) in [6.45, 7) is 0.720. The van der Waals surface area contributed by atoms with Crippen molar-refractivity contribution in [1.29, 1.82) is 0 Å². The van der Waals surface area contributed by atoms with Crippen LogP contribution < -0.4 is 11.3 Å². The fraction of sp³-hybridized carbons (Fsp3) is 0.154. The summed E-state index contributed by atoms with van der Waals surface area (Å²) in [5, 5.41) is 0.631. The van der Waals surface area contributed by atoms with Crippen molar-refractivity contribution in [3.05, 3.63) is 46.2 Å². The maximum absolute atomic E-state index is 12.0. The van der Waals surface area contributed by atoms with Gasteiger partial charge in [-0.05, 0) is 0 Å². The zero-order chi connectivity index (χ0) is 13.4. The van der Waals surface area contributed by atoms with E-state index >= 15 is 0 Å². The largest absolute Gasteiger partial charge is 0.365 e. The molecule has 1 aliphatic heterocycles. The zero-order valence-electron chi connectivity index (χ0n) is 10.00. The molecule has 0 saturated heterocycles. The molecular weight excluding hydrogens is 262 g/mol. The van der Waals surface area contributed by atoms with Crippen LogP contribution in [0.25, 0.3) is 11.4 Å². The minimum atomic E-state index is -0.713. The van der Waals surface area contributed by atoms with Crippen molar-refractivity contribution in [2.24, 2.45) is 5.73 Å². The van der Waals surface area contributed by atoms with Gasteiger partial charge in [0.05, 0.1) is 5.03 Å². The van der Waals surface area contributed by atoms with Crippen molar-refractivity contribution in [3.8, 4) is 11.4 Å². The van der Waals surface area contributed by atoms with E-state index in [-0.39, 0.29) is 5.56 Å². The third-order valence-electron chi connectivity index (χ3n) is 2.97. The van der Waals surface area contributed by atoms with Gasteiger partial charge in [0.25, 0.3) is 11.5 Å². The molecule has 19 heavy (non-hydrogen) atoms. The Morgan fingerprint density at radius 2 is 2.05 bits per heavy atom. The van der Waals surface area contributed by atoms with E-state index in [2.05, 4.69) is 4.98 Å². The Balaban J connectivity index is 2.30. The maximum Gasteiger partial charge on any atom is 0.287 e. The first-order valence-corrected chi connectivity index (χ1v) is 6.80. The van der Waals surface area contributed by atoms with Crippen molar-refractivity contribution in [2.45, 2.75) is 11.6 Å². The van der Waals surface area contributed by atoms with Crippen LogP contribution in [0.4, 0.5) is 0 Å². The average molecular weight is 273 g/mol. The molecule has 2 aromatic rings. The highest BCUT2D eigenvalue weighted by Crippen LogP contribution is 2.31. The minimum Gasteiger partial charge on any atom is -0.365 e. The van der Waals surface area contributed by atoms with Gasteiger partial charge in [0.1, 0.15) is 11.4 Å². The second-order valence-corrected chi connectivity index (χ2v) is 5.23. The quantitative estimate of drug-likeness (QED) is 0.832. The highest BCUT2D eigenvalue weighted by atomic mass is 32.2. The van der Waals surface area contributed by atoms with Gasteiger partial charge in [-0.2, -0.15) is 4.98 Å². The number of carbonyl (C=O) groups is 1. The number of nitrogens with two attached hydrogens (primary N) is 1. The van der Waals surface area contributed by atoms with Crippen molar-refractivity contribution in [3.63, 3.8) is 0 Å². The zero-order valence-corrected chi connectivity index (χ0v) is 10.8. The lowest BCUT2D eigenvalue weighted by atomic mass is 10.2. The van der Waals surface area contributed by atoms with Crippen molar-refractivity contribution in [2.75, 3.05) is 5.75 Å². The smallest absolute Gasteiger partial charge is 0.287 e. The molecule has 0 unspecified atom stereocenters. The Kier molecular flexibility index (Phi) is 2.87. The summed E-state index contributed by atoms with van der Waals surface area (Å²) < 4.78 is 1.89. The molecule has 0 saturated carbocycles. The molecule has 0 aliphatic carbocycles. The first-order chi connectivity index (χ1) is 9.18. The fourth-order valence-corrected chi connectivity index (χ4v) is 3.28. The molecule has 0 spiro atoms. The number of thioether (sulfide) groups is 1. The normalized spacial score (nSPS) is 13.3. The molecule has 96 valence electrons. The topological polar surface area (TPSA) is 78.0 Å². The van der Waals surface area contributed by atoms with Crippen molar-refractivity contribution < 1.29 is 4.79 Å². The van der Waals surface area contributed by atoms with E-state index in [1.807, 2.05) is 34.9 Å². The van der Waals surface area contributed by atoms with E-state index in [1.165, 1.54) is 11.8 Å². The molecule has 3 rings (SSSR count). The number of primary amides is 1. The first-order valence-electron chi connectivity index (χ1n) is 5.81. The van der Waals surface area contributed by atoms with Crippen molar-refractivity contribution in [1.82, 2.24) is 9.55 Å². The third-order valence-corrected chi connectivity index (χ3v) is 4.05. The van der Waals surface area contributed by atoms with Crippen LogP contribution >= 0.6 is 11.8 Å². The molecule has 1 aliphatic rings. The molecule has 0 radical (unpaired) electrons. The van der Waals surface area contributed by atoms with E-state index in [1.54, 1.807) is 0 Å². The Morgan fingerprint density at radius 3 is 2.74 bits per heavy atom. The molecular formula is C13H11N3O2S. The molecule has 0 fully saturated rings. The lowest BCUT2D eigenvalue weighted by molar-refractivity contribution is 0.0994. The van der Waals surface area contributed by atoms with Gasteiger partial charge in [-0.25, -0.2) is 0 Å². The van der Waals surface area contributed by atoms with Gasteiger partial charge < -0.3 is 10.3 Å². The Hall–Kier alpha value is -2.08. The average Bonchev–Trinajstić information content (AvgIpc) is 2.87. The maximum atomic E-state index is 12.0. The number of hydrogen-bond donors (Lipinski definition) is 1. The van der Waals surface area contributed by atoms with Gasteiger partial charge in [-0.1, -0.05) is 30.3 Å². The summed E-state index contributed by atoms with van der Waals surface area (Å²) in [4.78, 5) is 27.4. The molecule has 0 bridgehead atoms. The van der Waals surface area contributed by atoms with E-state index in [0.29, 0.717) is 10.9 Å². The number of benzene rings is 1. The monoisotopic (exact) mass is 273 g/mol. The Labute approximate surface area is 113 Å². The molecule has 2 N–H and O–H groups in total. The standard InChI is InChI=1S/C13H11N3O2S/c14-10(17)9-12(18)15-11(8-4-2-1-3-5-8)16-6-7-19-13(9)16/h1-5H,6-7H2,(H2,14,17). The van der Waals surface area contributed by atoms with Crippen LogP contribution in [0.1, 0.15) is 10.4 Å². The molecule has 1 aromatic carbocycles. The predicted octanol–water partition coefficient (Wildman–Crippen LogP) is 1.11. The molecule has 0 atom stereocenters. The number of nitrogens with zero attached hydrogens (tertiary/aromatic N) is 2. The van der Waals surface area contributed by atoms with Crippen LogP contribution in [0.15, 0.2) is 40.2 Å². The SMILES string of the molecule is NC(=O)c1c2n(c(-c3ccccc3)nc1=O)CCS2. The second kappa shape index (κ2) is 4.55. The Morgan fingerprint density at radius 1 is 1.32 bits per heavy atom.